The summed E-state index contributed by atoms with van der Waals surface area (Å²) in [5.74, 6) is 1.22. The van der Waals surface area contributed by atoms with Crippen molar-refractivity contribution in [2.75, 3.05) is 29.8 Å². The molecule has 1 fully saturated rings. The van der Waals surface area contributed by atoms with Crippen molar-refractivity contribution in [1.29, 1.82) is 0 Å². The van der Waals surface area contributed by atoms with E-state index in [-0.39, 0.29) is 16.4 Å². The van der Waals surface area contributed by atoms with Gasteiger partial charge < -0.3 is 15.0 Å². The molecule has 0 aliphatic carbocycles. The van der Waals surface area contributed by atoms with Gasteiger partial charge in [0.2, 0.25) is 0 Å². The van der Waals surface area contributed by atoms with Gasteiger partial charge in [0.1, 0.15) is 11.6 Å². The number of carbonyl (C=O) groups excluding carboxylic acids is 1. The highest BCUT2D eigenvalue weighted by molar-refractivity contribution is 7.92. The zero-order chi connectivity index (χ0) is 24.1. The number of aromatic nitrogens is 1. The first kappa shape index (κ1) is 23.6. The Morgan fingerprint density at radius 3 is 2.44 bits per heavy atom. The van der Waals surface area contributed by atoms with Crippen molar-refractivity contribution in [3.63, 3.8) is 0 Å². The van der Waals surface area contributed by atoms with Crippen LogP contribution in [0.15, 0.2) is 65.7 Å². The van der Waals surface area contributed by atoms with E-state index in [0.29, 0.717) is 23.5 Å². The number of hydrogen-bond donors (Lipinski definition) is 2. The minimum Gasteiger partial charge on any atom is -0.497 e. The molecule has 4 rings (SSSR count). The molecule has 2 aromatic carbocycles. The quantitative estimate of drug-likeness (QED) is 0.510. The molecular weight excluding hydrogens is 452 g/mol. The average molecular weight is 481 g/mol. The lowest BCUT2D eigenvalue weighted by Gasteiger charge is -2.16. The van der Waals surface area contributed by atoms with Crippen LogP contribution in [-0.2, 0) is 16.6 Å². The molecule has 0 spiro atoms. The van der Waals surface area contributed by atoms with E-state index in [1.54, 1.807) is 56.6 Å². The molecule has 1 aliphatic rings. The molecule has 3 aromatic rings. The third kappa shape index (κ3) is 5.48. The number of nitrogens with one attached hydrogen (secondary N) is 2. The standard InChI is InChI=1S/C25H28N4O4S/c1-18-5-7-20(15-23(18)34(31,32)28-21-8-10-22(33-2)11-9-21)25(30)27-17-19-6-12-24(26-16-19)29-13-3-4-14-29/h5-12,15-16,28H,3-4,13-14,17H2,1-2H3,(H,27,30). The molecule has 0 atom stereocenters. The predicted molar refractivity (Wildman–Crippen MR) is 132 cm³/mol. The monoisotopic (exact) mass is 480 g/mol. The summed E-state index contributed by atoms with van der Waals surface area (Å²) in [6, 6.07) is 15.1. The van der Waals surface area contributed by atoms with Crippen molar-refractivity contribution in [3.05, 3.63) is 77.5 Å². The molecule has 1 aliphatic heterocycles. The number of rotatable bonds is 8. The summed E-state index contributed by atoms with van der Waals surface area (Å²) in [5, 5.41) is 2.84. The number of benzene rings is 2. The second-order valence-corrected chi connectivity index (χ2v) is 9.87. The van der Waals surface area contributed by atoms with Crippen molar-refractivity contribution in [2.45, 2.75) is 31.2 Å². The molecule has 0 radical (unpaired) electrons. The van der Waals surface area contributed by atoms with Crippen LogP contribution in [0.4, 0.5) is 11.5 Å². The van der Waals surface area contributed by atoms with Gasteiger partial charge in [0.15, 0.2) is 0 Å². The van der Waals surface area contributed by atoms with Gasteiger partial charge in [-0.05, 0) is 73.4 Å². The van der Waals surface area contributed by atoms with Gasteiger partial charge in [-0.3, -0.25) is 9.52 Å². The predicted octanol–water partition coefficient (Wildman–Crippen LogP) is 3.73. The van der Waals surface area contributed by atoms with E-state index in [1.165, 1.54) is 18.9 Å². The van der Waals surface area contributed by atoms with E-state index in [9.17, 15) is 13.2 Å². The number of nitrogens with zero attached hydrogens (tertiary/aromatic N) is 2. The smallest absolute Gasteiger partial charge is 0.262 e. The Morgan fingerprint density at radius 2 is 1.79 bits per heavy atom. The van der Waals surface area contributed by atoms with Gasteiger partial charge in [-0.15, -0.1) is 0 Å². The highest BCUT2D eigenvalue weighted by Crippen LogP contribution is 2.23. The van der Waals surface area contributed by atoms with Gasteiger partial charge in [0.25, 0.3) is 15.9 Å². The van der Waals surface area contributed by atoms with E-state index in [0.717, 1.165) is 24.5 Å². The van der Waals surface area contributed by atoms with E-state index < -0.39 is 10.0 Å². The van der Waals surface area contributed by atoms with Crippen LogP contribution < -0.4 is 19.7 Å². The Morgan fingerprint density at radius 1 is 1.06 bits per heavy atom. The zero-order valence-corrected chi connectivity index (χ0v) is 20.1. The van der Waals surface area contributed by atoms with Crippen LogP contribution in [0.3, 0.4) is 0 Å². The second kappa shape index (κ2) is 10.1. The molecule has 2 heterocycles. The second-order valence-electron chi connectivity index (χ2n) is 8.22. The third-order valence-corrected chi connectivity index (χ3v) is 7.30. The van der Waals surface area contributed by atoms with Crippen molar-refractivity contribution in [1.82, 2.24) is 10.3 Å². The molecule has 9 heteroatoms. The molecule has 1 saturated heterocycles. The lowest BCUT2D eigenvalue weighted by Crippen LogP contribution is -2.24. The molecule has 1 amide bonds. The Hall–Kier alpha value is -3.59. The molecule has 1 aromatic heterocycles. The Kier molecular flexibility index (Phi) is 7.02. The Labute approximate surface area is 200 Å². The van der Waals surface area contributed by atoms with Gasteiger partial charge in [0.05, 0.1) is 12.0 Å². The van der Waals surface area contributed by atoms with Gasteiger partial charge in [-0.2, -0.15) is 0 Å². The molecule has 0 unspecified atom stereocenters. The lowest BCUT2D eigenvalue weighted by atomic mass is 10.1. The maximum absolute atomic E-state index is 13.0. The van der Waals surface area contributed by atoms with Crippen molar-refractivity contribution < 1.29 is 17.9 Å². The van der Waals surface area contributed by atoms with Crippen LogP contribution >= 0.6 is 0 Å². The van der Waals surface area contributed by atoms with Crippen LogP contribution in [0.25, 0.3) is 0 Å². The highest BCUT2D eigenvalue weighted by atomic mass is 32.2. The zero-order valence-electron chi connectivity index (χ0n) is 19.2. The lowest BCUT2D eigenvalue weighted by molar-refractivity contribution is 0.0950. The van der Waals surface area contributed by atoms with Crippen LogP contribution in [0, 0.1) is 6.92 Å². The van der Waals surface area contributed by atoms with Gasteiger partial charge in [0, 0.05) is 37.1 Å². The molecule has 8 nitrogen and oxygen atoms in total. The molecule has 0 saturated carbocycles. The topological polar surface area (TPSA) is 101 Å². The van der Waals surface area contributed by atoms with Crippen LogP contribution in [0.1, 0.15) is 34.3 Å². The molecule has 34 heavy (non-hydrogen) atoms. The third-order valence-electron chi connectivity index (χ3n) is 5.77. The summed E-state index contributed by atoms with van der Waals surface area (Å²) in [6.07, 6.45) is 4.13. The highest BCUT2D eigenvalue weighted by Gasteiger charge is 2.20. The fourth-order valence-corrected chi connectivity index (χ4v) is 5.17. The van der Waals surface area contributed by atoms with Crippen LogP contribution in [0.2, 0.25) is 0 Å². The summed E-state index contributed by atoms with van der Waals surface area (Å²) in [6.45, 7) is 4.04. The normalized spacial score (nSPS) is 13.5. The molecule has 178 valence electrons. The molecule has 2 N–H and O–H groups in total. The van der Waals surface area contributed by atoms with E-state index >= 15 is 0 Å². The summed E-state index contributed by atoms with van der Waals surface area (Å²) in [5.41, 5.74) is 2.08. The van der Waals surface area contributed by atoms with Gasteiger partial charge in [-0.25, -0.2) is 13.4 Å². The Balaban J connectivity index is 1.43. The number of anilines is 2. The average Bonchev–Trinajstić information content (AvgIpc) is 3.38. The first-order chi connectivity index (χ1) is 16.4. The number of carbonyl (C=O) groups is 1. The summed E-state index contributed by atoms with van der Waals surface area (Å²) >= 11 is 0. The summed E-state index contributed by atoms with van der Waals surface area (Å²) in [7, 11) is -2.34. The number of sulfonamides is 1. The fourth-order valence-electron chi connectivity index (χ4n) is 3.84. The van der Waals surface area contributed by atoms with Gasteiger partial charge >= 0.3 is 0 Å². The van der Waals surface area contributed by atoms with Crippen molar-refractivity contribution in [3.8, 4) is 5.75 Å². The Bertz CT molecular complexity index is 1250. The minimum absolute atomic E-state index is 0.0487. The van der Waals surface area contributed by atoms with Crippen molar-refractivity contribution >= 4 is 27.4 Å². The number of pyridine rings is 1. The van der Waals surface area contributed by atoms with Crippen LogP contribution in [0.5, 0.6) is 5.75 Å². The number of ether oxygens (including phenoxy) is 1. The first-order valence-corrected chi connectivity index (χ1v) is 12.6. The summed E-state index contributed by atoms with van der Waals surface area (Å²) in [4.78, 5) is 19.5. The number of aryl methyl sites for hydroxylation is 1. The molecule has 0 bridgehead atoms. The number of amides is 1. The van der Waals surface area contributed by atoms with Gasteiger partial charge in [-0.1, -0.05) is 12.1 Å². The van der Waals surface area contributed by atoms with Crippen molar-refractivity contribution in [2.24, 2.45) is 0 Å². The van der Waals surface area contributed by atoms with E-state index in [4.69, 9.17) is 4.74 Å². The largest absolute Gasteiger partial charge is 0.497 e. The summed E-state index contributed by atoms with van der Waals surface area (Å²) < 4.78 is 33.6. The SMILES string of the molecule is COc1ccc(NS(=O)(=O)c2cc(C(=O)NCc3ccc(N4CCCC4)nc3)ccc2C)cc1. The van der Waals surface area contributed by atoms with Crippen LogP contribution in [-0.4, -0.2) is 39.5 Å². The number of methoxy groups -OCH3 is 1. The van der Waals surface area contributed by atoms with E-state index in [1.807, 2.05) is 12.1 Å². The minimum atomic E-state index is -3.89. The molecular formula is C25H28N4O4S. The maximum Gasteiger partial charge on any atom is 0.262 e. The maximum atomic E-state index is 13.0. The first-order valence-electron chi connectivity index (χ1n) is 11.1. The number of hydrogen-bond acceptors (Lipinski definition) is 6. The fraction of sp³-hybridized carbons (Fsp3) is 0.280. The van der Waals surface area contributed by atoms with E-state index in [2.05, 4.69) is 19.9 Å².